The van der Waals surface area contributed by atoms with E-state index in [1.165, 1.54) is 6.07 Å². The molecule has 0 aliphatic carbocycles. The van der Waals surface area contributed by atoms with E-state index < -0.39 is 0 Å². The van der Waals surface area contributed by atoms with Crippen LogP contribution in [0.25, 0.3) is 0 Å². The molecule has 1 heterocycles. The first-order valence-corrected chi connectivity index (χ1v) is 6.57. The number of aliphatic hydroxyl groups excluding tert-OH is 1. The van der Waals surface area contributed by atoms with Gasteiger partial charge in [-0.15, -0.1) is 0 Å². The Balaban J connectivity index is 2.01. The number of nitrogens with zero attached hydrogens (tertiary/aromatic N) is 1. The number of hydrogen-bond acceptors (Lipinski definition) is 3. The summed E-state index contributed by atoms with van der Waals surface area (Å²) in [5.74, 6) is 5.30. The van der Waals surface area contributed by atoms with Crippen molar-refractivity contribution in [3.05, 3.63) is 35.1 Å². The van der Waals surface area contributed by atoms with Crippen LogP contribution in [0.1, 0.15) is 24.0 Å². The summed E-state index contributed by atoms with van der Waals surface area (Å²) in [5.41, 5.74) is 6.61. The highest BCUT2D eigenvalue weighted by molar-refractivity contribution is 5.37. The molecular formula is C15H19FN2O. The Morgan fingerprint density at radius 1 is 1.37 bits per heavy atom. The number of rotatable bonds is 2. The molecule has 0 atom stereocenters. The van der Waals surface area contributed by atoms with E-state index in [1.54, 1.807) is 6.07 Å². The van der Waals surface area contributed by atoms with E-state index in [0.717, 1.165) is 25.9 Å². The lowest BCUT2D eigenvalue weighted by Crippen LogP contribution is -2.35. The zero-order chi connectivity index (χ0) is 13.7. The van der Waals surface area contributed by atoms with Gasteiger partial charge >= 0.3 is 0 Å². The molecule has 1 saturated heterocycles. The average Bonchev–Trinajstić information content (AvgIpc) is 2.41. The summed E-state index contributed by atoms with van der Waals surface area (Å²) in [7, 11) is 0. The minimum atomic E-state index is -0.227. The standard InChI is InChI=1S/C15H19FN2O/c16-15-10-12(2-1-7-17)3-4-13(15)11-18-8-5-14(19)6-9-18/h3-4,10,14,19H,5-9,11,17H2. The molecule has 4 heteroatoms. The maximum Gasteiger partial charge on any atom is 0.128 e. The van der Waals surface area contributed by atoms with E-state index in [9.17, 15) is 9.50 Å². The Kier molecular flexibility index (Phi) is 4.92. The van der Waals surface area contributed by atoms with Crippen molar-refractivity contribution in [3.63, 3.8) is 0 Å². The fraction of sp³-hybridized carbons (Fsp3) is 0.467. The molecule has 0 radical (unpaired) electrons. The van der Waals surface area contributed by atoms with Crippen LogP contribution in [0.4, 0.5) is 4.39 Å². The van der Waals surface area contributed by atoms with Gasteiger partial charge in [0.15, 0.2) is 0 Å². The molecule has 1 aromatic rings. The van der Waals surface area contributed by atoms with E-state index in [0.29, 0.717) is 17.7 Å². The molecule has 3 nitrogen and oxygen atoms in total. The van der Waals surface area contributed by atoms with Crippen molar-refractivity contribution in [2.24, 2.45) is 5.73 Å². The second-order valence-corrected chi connectivity index (χ2v) is 4.82. The van der Waals surface area contributed by atoms with Crippen LogP contribution in [-0.4, -0.2) is 35.7 Å². The molecule has 0 amide bonds. The molecule has 2 rings (SSSR count). The van der Waals surface area contributed by atoms with E-state index >= 15 is 0 Å². The summed E-state index contributed by atoms with van der Waals surface area (Å²) in [5, 5.41) is 9.44. The molecule has 102 valence electrons. The Morgan fingerprint density at radius 3 is 2.74 bits per heavy atom. The summed E-state index contributed by atoms with van der Waals surface area (Å²) >= 11 is 0. The number of likely N-dealkylation sites (tertiary alicyclic amines) is 1. The molecule has 1 aliphatic heterocycles. The second kappa shape index (κ2) is 6.67. The van der Waals surface area contributed by atoms with Gasteiger partial charge in [0.2, 0.25) is 0 Å². The normalized spacial score (nSPS) is 17.0. The summed E-state index contributed by atoms with van der Waals surface area (Å²) in [4.78, 5) is 2.16. The van der Waals surface area contributed by atoms with Gasteiger partial charge in [-0.25, -0.2) is 4.39 Å². The highest BCUT2D eigenvalue weighted by Gasteiger charge is 2.17. The van der Waals surface area contributed by atoms with Gasteiger partial charge in [-0.3, -0.25) is 4.90 Å². The topological polar surface area (TPSA) is 49.5 Å². The first-order chi connectivity index (χ1) is 9.19. The maximum absolute atomic E-state index is 13.9. The highest BCUT2D eigenvalue weighted by Crippen LogP contribution is 2.16. The Hall–Kier alpha value is -1.41. The van der Waals surface area contributed by atoms with Crippen LogP contribution in [0.3, 0.4) is 0 Å². The number of aliphatic hydroxyl groups is 1. The lowest BCUT2D eigenvalue weighted by molar-refractivity contribution is 0.0787. The minimum Gasteiger partial charge on any atom is -0.393 e. The predicted molar refractivity (Wildman–Crippen MR) is 72.9 cm³/mol. The molecule has 1 aromatic carbocycles. The van der Waals surface area contributed by atoms with Crippen molar-refractivity contribution in [2.45, 2.75) is 25.5 Å². The van der Waals surface area contributed by atoms with Gasteiger partial charge in [-0.1, -0.05) is 17.9 Å². The first kappa shape index (κ1) is 14.0. The third-order valence-electron chi connectivity index (χ3n) is 3.34. The van der Waals surface area contributed by atoms with Crippen molar-refractivity contribution < 1.29 is 9.50 Å². The lowest BCUT2D eigenvalue weighted by atomic mass is 10.1. The number of piperidine rings is 1. The molecule has 0 aromatic heterocycles. The molecule has 1 fully saturated rings. The predicted octanol–water partition coefficient (Wildman–Crippen LogP) is 1.09. The van der Waals surface area contributed by atoms with Crippen LogP contribution in [0.5, 0.6) is 0 Å². The Labute approximate surface area is 113 Å². The first-order valence-electron chi connectivity index (χ1n) is 6.57. The molecule has 0 bridgehead atoms. The van der Waals surface area contributed by atoms with Crippen LogP contribution in [0.2, 0.25) is 0 Å². The highest BCUT2D eigenvalue weighted by atomic mass is 19.1. The zero-order valence-corrected chi connectivity index (χ0v) is 10.9. The van der Waals surface area contributed by atoms with Crippen LogP contribution >= 0.6 is 0 Å². The Bertz CT molecular complexity index is 485. The third kappa shape index (κ3) is 4.03. The maximum atomic E-state index is 13.9. The fourth-order valence-electron chi connectivity index (χ4n) is 2.22. The van der Waals surface area contributed by atoms with Crippen molar-refractivity contribution >= 4 is 0 Å². The lowest BCUT2D eigenvalue weighted by Gasteiger charge is -2.29. The van der Waals surface area contributed by atoms with Crippen molar-refractivity contribution in [1.29, 1.82) is 0 Å². The minimum absolute atomic E-state index is 0.199. The van der Waals surface area contributed by atoms with Crippen molar-refractivity contribution in [1.82, 2.24) is 4.90 Å². The molecule has 19 heavy (non-hydrogen) atoms. The summed E-state index contributed by atoms with van der Waals surface area (Å²) in [6, 6.07) is 5.05. The quantitative estimate of drug-likeness (QED) is 0.785. The van der Waals surface area contributed by atoms with E-state index in [-0.39, 0.29) is 18.5 Å². The zero-order valence-electron chi connectivity index (χ0n) is 10.9. The van der Waals surface area contributed by atoms with Crippen molar-refractivity contribution in [3.8, 4) is 11.8 Å². The largest absolute Gasteiger partial charge is 0.393 e. The molecule has 0 unspecified atom stereocenters. The molecule has 3 N–H and O–H groups in total. The van der Waals surface area contributed by atoms with Gasteiger partial charge in [0.25, 0.3) is 0 Å². The Morgan fingerprint density at radius 2 is 2.11 bits per heavy atom. The second-order valence-electron chi connectivity index (χ2n) is 4.82. The van der Waals surface area contributed by atoms with Gasteiger partial charge in [-0.05, 0) is 25.0 Å². The van der Waals surface area contributed by atoms with E-state index in [4.69, 9.17) is 5.73 Å². The monoisotopic (exact) mass is 262 g/mol. The number of nitrogens with two attached hydrogens (primary N) is 1. The SMILES string of the molecule is NCC#Cc1ccc(CN2CCC(O)CC2)c(F)c1. The summed E-state index contributed by atoms with van der Waals surface area (Å²) < 4.78 is 13.9. The number of hydrogen-bond donors (Lipinski definition) is 2. The van der Waals surface area contributed by atoms with Gasteiger partial charge in [-0.2, -0.15) is 0 Å². The van der Waals surface area contributed by atoms with Crippen LogP contribution < -0.4 is 5.73 Å². The summed E-state index contributed by atoms with van der Waals surface area (Å²) in [6.07, 6.45) is 1.33. The van der Waals surface area contributed by atoms with Crippen molar-refractivity contribution in [2.75, 3.05) is 19.6 Å². The van der Waals surface area contributed by atoms with Crippen LogP contribution in [0.15, 0.2) is 18.2 Å². The van der Waals surface area contributed by atoms with Crippen LogP contribution in [0, 0.1) is 17.7 Å². The molecule has 0 saturated carbocycles. The third-order valence-corrected chi connectivity index (χ3v) is 3.34. The number of benzene rings is 1. The molecule has 0 spiro atoms. The van der Waals surface area contributed by atoms with Crippen LogP contribution in [-0.2, 0) is 6.54 Å². The van der Waals surface area contributed by atoms with E-state index in [1.807, 2.05) is 6.07 Å². The van der Waals surface area contributed by atoms with Gasteiger partial charge in [0.05, 0.1) is 12.6 Å². The summed E-state index contributed by atoms with van der Waals surface area (Å²) in [6.45, 7) is 2.49. The smallest absolute Gasteiger partial charge is 0.128 e. The number of halogens is 1. The van der Waals surface area contributed by atoms with Gasteiger partial charge in [0, 0.05) is 30.8 Å². The molecular weight excluding hydrogens is 243 g/mol. The van der Waals surface area contributed by atoms with Gasteiger partial charge in [0.1, 0.15) is 5.82 Å². The average molecular weight is 262 g/mol. The van der Waals surface area contributed by atoms with Gasteiger partial charge < -0.3 is 10.8 Å². The molecule has 1 aliphatic rings. The fourth-order valence-corrected chi connectivity index (χ4v) is 2.22. The van der Waals surface area contributed by atoms with E-state index in [2.05, 4.69) is 16.7 Å².